The van der Waals surface area contributed by atoms with Crippen LogP contribution in [-0.4, -0.2) is 16.7 Å². The molecule has 74 valence electrons. The lowest BCUT2D eigenvalue weighted by Crippen LogP contribution is -2.12. The highest BCUT2D eigenvalue weighted by molar-refractivity contribution is 5.15. The standard InChI is InChI=1S/C10H19N3/c1-5-11-7-8-6-9(13-12-8)10(2,3)4/h6,11H,5,7H2,1-4H3,(H,12,13). The molecule has 0 atom stereocenters. The Labute approximate surface area is 79.9 Å². The van der Waals surface area contributed by atoms with Crippen molar-refractivity contribution in [2.24, 2.45) is 0 Å². The van der Waals surface area contributed by atoms with Crippen molar-refractivity contribution >= 4 is 0 Å². The lowest BCUT2D eigenvalue weighted by atomic mass is 9.92. The fraction of sp³-hybridized carbons (Fsp3) is 0.700. The zero-order valence-corrected chi connectivity index (χ0v) is 8.94. The predicted molar refractivity (Wildman–Crippen MR) is 54.7 cm³/mol. The van der Waals surface area contributed by atoms with Gasteiger partial charge in [-0.2, -0.15) is 5.10 Å². The Bertz CT molecular complexity index is 257. The Balaban J connectivity index is 2.64. The van der Waals surface area contributed by atoms with Gasteiger partial charge in [-0.1, -0.05) is 27.7 Å². The van der Waals surface area contributed by atoms with Crippen LogP contribution in [-0.2, 0) is 12.0 Å². The molecular formula is C10H19N3. The third kappa shape index (κ3) is 2.84. The smallest absolute Gasteiger partial charge is 0.0678 e. The molecule has 13 heavy (non-hydrogen) atoms. The molecule has 0 aromatic carbocycles. The van der Waals surface area contributed by atoms with Crippen LogP contribution in [0.4, 0.5) is 0 Å². The molecule has 1 aromatic heterocycles. The van der Waals surface area contributed by atoms with Gasteiger partial charge in [-0.15, -0.1) is 0 Å². The zero-order chi connectivity index (χ0) is 9.90. The van der Waals surface area contributed by atoms with E-state index in [0.29, 0.717) is 0 Å². The maximum atomic E-state index is 4.28. The molecule has 0 aliphatic heterocycles. The lowest BCUT2D eigenvalue weighted by Gasteiger charge is -2.13. The molecule has 3 heteroatoms. The third-order valence-corrected chi connectivity index (χ3v) is 1.96. The van der Waals surface area contributed by atoms with Gasteiger partial charge in [-0.05, 0) is 12.6 Å². The van der Waals surface area contributed by atoms with Crippen molar-refractivity contribution < 1.29 is 0 Å². The van der Waals surface area contributed by atoms with Crippen LogP contribution in [0.5, 0.6) is 0 Å². The van der Waals surface area contributed by atoms with Gasteiger partial charge in [-0.3, -0.25) is 5.10 Å². The molecule has 3 nitrogen and oxygen atoms in total. The SMILES string of the molecule is CCNCc1cc(C(C)(C)C)n[nH]1. The molecule has 0 aliphatic rings. The van der Waals surface area contributed by atoms with Crippen LogP contribution in [0.25, 0.3) is 0 Å². The van der Waals surface area contributed by atoms with Crippen molar-refractivity contribution in [3.8, 4) is 0 Å². The summed E-state index contributed by atoms with van der Waals surface area (Å²) in [5.74, 6) is 0. The van der Waals surface area contributed by atoms with Gasteiger partial charge in [0.05, 0.1) is 5.69 Å². The number of aromatic amines is 1. The van der Waals surface area contributed by atoms with Crippen LogP contribution in [0, 0.1) is 0 Å². The van der Waals surface area contributed by atoms with E-state index in [1.807, 2.05) is 0 Å². The van der Waals surface area contributed by atoms with E-state index in [4.69, 9.17) is 0 Å². The Morgan fingerprint density at radius 2 is 2.15 bits per heavy atom. The van der Waals surface area contributed by atoms with E-state index < -0.39 is 0 Å². The highest BCUT2D eigenvalue weighted by Gasteiger charge is 2.16. The van der Waals surface area contributed by atoms with Gasteiger partial charge < -0.3 is 5.32 Å². The first kappa shape index (κ1) is 10.3. The van der Waals surface area contributed by atoms with E-state index in [2.05, 4.69) is 49.3 Å². The molecule has 1 heterocycles. The van der Waals surface area contributed by atoms with Gasteiger partial charge in [0, 0.05) is 17.7 Å². The van der Waals surface area contributed by atoms with Gasteiger partial charge >= 0.3 is 0 Å². The van der Waals surface area contributed by atoms with E-state index in [9.17, 15) is 0 Å². The van der Waals surface area contributed by atoms with E-state index in [1.54, 1.807) is 0 Å². The molecular weight excluding hydrogens is 162 g/mol. The second-order valence-corrected chi connectivity index (χ2v) is 4.31. The minimum Gasteiger partial charge on any atom is -0.311 e. The van der Waals surface area contributed by atoms with Crippen molar-refractivity contribution in [3.63, 3.8) is 0 Å². The summed E-state index contributed by atoms with van der Waals surface area (Å²) in [4.78, 5) is 0. The van der Waals surface area contributed by atoms with Crippen LogP contribution in [0.2, 0.25) is 0 Å². The summed E-state index contributed by atoms with van der Waals surface area (Å²) < 4.78 is 0. The highest BCUT2D eigenvalue weighted by Crippen LogP contribution is 2.19. The lowest BCUT2D eigenvalue weighted by molar-refractivity contribution is 0.567. The average molecular weight is 181 g/mol. The average Bonchev–Trinajstić information content (AvgIpc) is 2.47. The van der Waals surface area contributed by atoms with Crippen molar-refractivity contribution in [3.05, 3.63) is 17.5 Å². The van der Waals surface area contributed by atoms with Gasteiger partial charge in [0.15, 0.2) is 0 Å². The molecule has 0 saturated heterocycles. The molecule has 0 spiro atoms. The summed E-state index contributed by atoms with van der Waals surface area (Å²) >= 11 is 0. The normalized spacial score (nSPS) is 12.0. The van der Waals surface area contributed by atoms with Crippen LogP contribution in [0.3, 0.4) is 0 Å². The van der Waals surface area contributed by atoms with E-state index in [0.717, 1.165) is 24.5 Å². The Morgan fingerprint density at radius 3 is 2.62 bits per heavy atom. The number of hydrogen-bond donors (Lipinski definition) is 2. The summed E-state index contributed by atoms with van der Waals surface area (Å²) in [7, 11) is 0. The van der Waals surface area contributed by atoms with Crippen LogP contribution < -0.4 is 5.32 Å². The summed E-state index contributed by atoms with van der Waals surface area (Å²) in [5, 5.41) is 10.6. The predicted octanol–water partition coefficient (Wildman–Crippen LogP) is 1.82. The van der Waals surface area contributed by atoms with Crippen LogP contribution in [0.15, 0.2) is 6.07 Å². The molecule has 0 amide bonds. The minimum absolute atomic E-state index is 0.140. The molecule has 1 aromatic rings. The van der Waals surface area contributed by atoms with E-state index in [-0.39, 0.29) is 5.41 Å². The van der Waals surface area contributed by atoms with Crippen LogP contribution in [0.1, 0.15) is 39.1 Å². The largest absolute Gasteiger partial charge is 0.311 e. The highest BCUT2D eigenvalue weighted by atomic mass is 15.1. The maximum absolute atomic E-state index is 4.28. The molecule has 0 aliphatic carbocycles. The minimum atomic E-state index is 0.140. The van der Waals surface area contributed by atoms with E-state index >= 15 is 0 Å². The number of nitrogens with zero attached hydrogens (tertiary/aromatic N) is 1. The summed E-state index contributed by atoms with van der Waals surface area (Å²) in [6, 6.07) is 2.13. The molecule has 1 rings (SSSR count). The first-order valence-electron chi connectivity index (χ1n) is 4.79. The molecule has 0 bridgehead atoms. The van der Waals surface area contributed by atoms with Crippen molar-refractivity contribution in [2.75, 3.05) is 6.54 Å². The first-order chi connectivity index (χ1) is 6.04. The van der Waals surface area contributed by atoms with E-state index in [1.165, 1.54) is 0 Å². The number of aromatic nitrogens is 2. The topological polar surface area (TPSA) is 40.7 Å². The zero-order valence-electron chi connectivity index (χ0n) is 8.94. The Kier molecular flexibility index (Phi) is 3.09. The molecule has 0 fully saturated rings. The molecule has 0 radical (unpaired) electrons. The summed E-state index contributed by atoms with van der Waals surface area (Å²) in [5.41, 5.74) is 2.42. The Hall–Kier alpha value is -0.830. The van der Waals surface area contributed by atoms with Gasteiger partial charge in [0.2, 0.25) is 0 Å². The quantitative estimate of drug-likeness (QED) is 0.746. The van der Waals surface area contributed by atoms with Crippen molar-refractivity contribution in [1.82, 2.24) is 15.5 Å². The van der Waals surface area contributed by atoms with Gasteiger partial charge in [0.25, 0.3) is 0 Å². The summed E-state index contributed by atoms with van der Waals surface area (Å²) in [6.45, 7) is 10.5. The van der Waals surface area contributed by atoms with Crippen LogP contribution >= 0.6 is 0 Å². The Morgan fingerprint density at radius 1 is 1.46 bits per heavy atom. The number of hydrogen-bond acceptors (Lipinski definition) is 2. The molecule has 0 saturated carbocycles. The van der Waals surface area contributed by atoms with Crippen molar-refractivity contribution in [1.29, 1.82) is 0 Å². The van der Waals surface area contributed by atoms with Crippen molar-refractivity contribution in [2.45, 2.75) is 39.7 Å². The number of rotatable bonds is 3. The maximum Gasteiger partial charge on any atom is 0.0678 e. The second kappa shape index (κ2) is 3.92. The number of nitrogens with one attached hydrogen (secondary N) is 2. The second-order valence-electron chi connectivity index (χ2n) is 4.31. The van der Waals surface area contributed by atoms with Gasteiger partial charge in [-0.25, -0.2) is 0 Å². The number of H-pyrrole nitrogens is 1. The fourth-order valence-electron chi connectivity index (χ4n) is 1.10. The molecule has 0 unspecified atom stereocenters. The fourth-order valence-corrected chi connectivity index (χ4v) is 1.10. The van der Waals surface area contributed by atoms with Gasteiger partial charge in [0.1, 0.15) is 0 Å². The third-order valence-electron chi connectivity index (χ3n) is 1.96. The monoisotopic (exact) mass is 181 g/mol. The summed E-state index contributed by atoms with van der Waals surface area (Å²) in [6.07, 6.45) is 0. The molecule has 2 N–H and O–H groups in total. The first-order valence-corrected chi connectivity index (χ1v) is 4.79.